The zero-order valence-corrected chi connectivity index (χ0v) is 40.2. The van der Waals surface area contributed by atoms with E-state index in [1.807, 2.05) is 7.05 Å². The summed E-state index contributed by atoms with van der Waals surface area (Å²) in [5.41, 5.74) is 8.97. The Bertz CT molecular complexity index is 1820. The molecule has 0 unspecified atom stereocenters. The topological polar surface area (TPSA) is 68.2 Å². The van der Waals surface area contributed by atoms with Gasteiger partial charge in [0.05, 0.1) is 6.61 Å². The molecule has 0 saturated carbocycles. The molecule has 1 aliphatic rings. The van der Waals surface area contributed by atoms with Crippen molar-refractivity contribution in [2.45, 2.75) is 183 Å². The first-order valence-electron chi connectivity index (χ1n) is 21.0. The van der Waals surface area contributed by atoms with Crippen molar-refractivity contribution < 1.29 is 23.5 Å². The third-order valence-corrected chi connectivity index (χ3v) is 12.4. The van der Waals surface area contributed by atoms with E-state index < -0.39 is 8.60 Å². The molecule has 57 heavy (non-hydrogen) atoms. The minimum atomic E-state index is -1.90. The second-order valence-corrected chi connectivity index (χ2v) is 23.8. The molecule has 1 heterocycles. The highest BCUT2D eigenvalue weighted by Crippen LogP contribution is 2.56. The molecule has 0 fully saturated rings. The van der Waals surface area contributed by atoms with E-state index in [0.29, 0.717) is 25.1 Å². The molecule has 1 amide bonds. The summed E-state index contributed by atoms with van der Waals surface area (Å²) in [5, 5.41) is 11.2. The summed E-state index contributed by atoms with van der Waals surface area (Å²) >= 11 is 0. The number of amides is 1. The Labute approximate surface area is 348 Å². The van der Waals surface area contributed by atoms with Gasteiger partial charge in [0.15, 0.2) is 0 Å². The lowest BCUT2D eigenvalue weighted by atomic mass is 9.74. The van der Waals surface area contributed by atoms with E-state index in [1.165, 1.54) is 11.1 Å². The van der Waals surface area contributed by atoms with Crippen LogP contribution in [0.5, 0.6) is 17.2 Å². The molecule has 1 aliphatic heterocycles. The Balaban J connectivity index is 1.69. The summed E-state index contributed by atoms with van der Waals surface area (Å²) in [5.74, 6) is 2.05. The number of phenols is 1. The van der Waals surface area contributed by atoms with E-state index in [2.05, 4.69) is 168 Å². The van der Waals surface area contributed by atoms with Gasteiger partial charge in [-0.2, -0.15) is 0 Å². The summed E-state index contributed by atoms with van der Waals surface area (Å²) in [6, 6.07) is 13.4. The number of benzene rings is 3. The van der Waals surface area contributed by atoms with E-state index in [0.717, 1.165) is 50.4 Å². The zero-order valence-electron chi connectivity index (χ0n) is 39.3. The largest absolute Gasteiger partial charge is 0.507 e. The molecular weight excluding hydrogens is 726 g/mol. The van der Waals surface area contributed by atoms with Crippen molar-refractivity contribution >= 4 is 14.5 Å². The van der Waals surface area contributed by atoms with Gasteiger partial charge in [0.2, 0.25) is 5.91 Å². The number of hydrogen-bond donors (Lipinski definition) is 1. The quantitative estimate of drug-likeness (QED) is 0.241. The lowest BCUT2D eigenvalue weighted by Crippen LogP contribution is -2.30. The van der Waals surface area contributed by atoms with E-state index >= 15 is 0 Å². The normalized spacial score (nSPS) is 16.8. The van der Waals surface area contributed by atoms with Gasteiger partial charge in [-0.25, -0.2) is 0 Å². The van der Waals surface area contributed by atoms with Crippen molar-refractivity contribution in [3.63, 3.8) is 0 Å². The molecule has 3 aromatic carbocycles. The molecule has 0 radical (unpaired) electrons. The molecular formula is C50H76NO5P. The van der Waals surface area contributed by atoms with Crippen LogP contribution in [-0.4, -0.2) is 36.1 Å². The van der Waals surface area contributed by atoms with Gasteiger partial charge in [0, 0.05) is 48.2 Å². The number of rotatable bonds is 7. The maximum absolute atomic E-state index is 13.6. The molecule has 6 nitrogen and oxygen atoms in total. The van der Waals surface area contributed by atoms with Gasteiger partial charge in [-0.1, -0.05) is 168 Å². The first kappa shape index (κ1) is 46.6. The van der Waals surface area contributed by atoms with Crippen LogP contribution in [0.3, 0.4) is 0 Å². The Kier molecular flexibility index (Phi) is 13.2. The standard InChI is InChI=1S/C50H76NO5P/c1-31-35-27-33(45(2,3)4)29-39(49(14,15)16)43(35)55-57(56-44-36(31)28-34(46(5,6)7)30-40(44)50(17,18)19)54-24-23-51(20)41(52)22-21-32-25-37(47(8,9)10)42(53)38(26-32)48(11,12)13/h25-31,53H,21-24H2,1-20H3. The van der Waals surface area contributed by atoms with E-state index in [4.69, 9.17) is 13.6 Å². The number of likely N-dealkylation sites (N-methyl/N-ethyl adjacent to an activating group) is 1. The Morgan fingerprint density at radius 3 is 1.37 bits per heavy atom. The van der Waals surface area contributed by atoms with Crippen LogP contribution in [0.2, 0.25) is 0 Å². The fraction of sp³-hybridized carbons (Fsp3) is 0.620. The van der Waals surface area contributed by atoms with Crippen molar-refractivity contribution in [1.82, 2.24) is 4.90 Å². The first-order valence-corrected chi connectivity index (χ1v) is 22.1. The molecule has 0 saturated heterocycles. The number of nitrogens with zero attached hydrogens (tertiary/aromatic N) is 1. The monoisotopic (exact) mass is 802 g/mol. The predicted octanol–water partition coefficient (Wildman–Crippen LogP) is 13.4. The molecule has 1 N–H and O–H groups in total. The van der Waals surface area contributed by atoms with Gasteiger partial charge in [-0.15, -0.1) is 0 Å². The van der Waals surface area contributed by atoms with Crippen LogP contribution in [0.25, 0.3) is 0 Å². The Hall–Kier alpha value is -3.08. The smallest absolute Gasteiger partial charge is 0.463 e. The minimum Gasteiger partial charge on any atom is -0.507 e. The van der Waals surface area contributed by atoms with Gasteiger partial charge in [0.25, 0.3) is 0 Å². The van der Waals surface area contributed by atoms with Crippen LogP contribution in [0.1, 0.15) is 194 Å². The Morgan fingerprint density at radius 1 is 0.632 bits per heavy atom. The number of carbonyl (C=O) groups is 1. The van der Waals surface area contributed by atoms with Crippen molar-refractivity contribution in [3.05, 3.63) is 86.5 Å². The number of aryl methyl sites for hydroxylation is 1. The summed E-state index contributed by atoms with van der Waals surface area (Å²) in [7, 11) is -0.0645. The molecule has 0 spiro atoms. The number of carbonyl (C=O) groups excluding carboxylic acids is 1. The predicted molar refractivity (Wildman–Crippen MR) is 241 cm³/mol. The van der Waals surface area contributed by atoms with Crippen LogP contribution in [-0.2, 0) is 48.2 Å². The van der Waals surface area contributed by atoms with Gasteiger partial charge in [-0.05, 0) is 66.7 Å². The molecule has 7 heteroatoms. The summed E-state index contributed by atoms with van der Waals surface area (Å²) < 4.78 is 20.6. The number of aromatic hydroxyl groups is 1. The van der Waals surface area contributed by atoms with Crippen LogP contribution in [0.15, 0.2) is 36.4 Å². The van der Waals surface area contributed by atoms with Crippen LogP contribution >= 0.6 is 8.60 Å². The minimum absolute atomic E-state index is 0.00441. The second-order valence-electron chi connectivity index (χ2n) is 22.7. The van der Waals surface area contributed by atoms with Gasteiger partial charge in [0.1, 0.15) is 17.2 Å². The number of hydrogen-bond acceptors (Lipinski definition) is 5. The van der Waals surface area contributed by atoms with E-state index in [9.17, 15) is 9.90 Å². The third kappa shape index (κ3) is 11.0. The average Bonchev–Trinajstić information content (AvgIpc) is 3.03. The second kappa shape index (κ2) is 16.2. The maximum atomic E-state index is 13.6. The van der Waals surface area contributed by atoms with E-state index in [1.54, 1.807) is 4.90 Å². The number of fused-ring (bicyclic) bond motifs is 2. The molecule has 0 bridgehead atoms. The van der Waals surface area contributed by atoms with Gasteiger partial charge < -0.3 is 19.1 Å². The van der Waals surface area contributed by atoms with Crippen molar-refractivity contribution in [2.24, 2.45) is 0 Å². The summed E-state index contributed by atoms with van der Waals surface area (Å²) in [4.78, 5) is 15.3. The highest BCUT2D eigenvalue weighted by atomic mass is 31.2. The summed E-state index contributed by atoms with van der Waals surface area (Å²) in [6.07, 6.45) is 0.935. The van der Waals surface area contributed by atoms with Crippen molar-refractivity contribution in [2.75, 3.05) is 20.2 Å². The highest BCUT2D eigenvalue weighted by Gasteiger charge is 2.38. The summed E-state index contributed by atoms with van der Waals surface area (Å²) in [6.45, 7) is 42.6. The number of phenolic OH excluding ortho intramolecular Hbond substituents is 1. The average molecular weight is 802 g/mol. The molecule has 4 rings (SSSR count). The lowest BCUT2D eigenvalue weighted by molar-refractivity contribution is -0.130. The van der Waals surface area contributed by atoms with Crippen molar-refractivity contribution in [1.29, 1.82) is 0 Å². The van der Waals surface area contributed by atoms with Crippen LogP contribution in [0, 0.1) is 0 Å². The molecule has 316 valence electrons. The lowest BCUT2D eigenvalue weighted by Gasteiger charge is -2.36. The Morgan fingerprint density at radius 2 is 1.02 bits per heavy atom. The third-order valence-electron chi connectivity index (χ3n) is 11.3. The van der Waals surface area contributed by atoms with Crippen molar-refractivity contribution in [3.8, 4) is 17.2 Å². The van der Waals surface area contributed by atoms with Crippen LogP contribution < -0.4 is 9.05 Å². The molecule has 0 aliphatic carbocycles. The van der Waals surface area contributed by atoms with Gasteiger partial charge >= 0.3 is 8.60 Å². The maximum Gasteiger partial charge on any atom is 0.463 e. The SMILES string of the molecule is CC1c2cc(C(C)(C)C)cc(C(C)(C)C)c2OP(OCCN(C)C(=O)CCc2cc(C(C)(C)C)c(O)c(C(C)(C)C)c2)Oc2c1cc(C(C)(C)C)cc2C(C)(C)C. The van der Waals surface area contributed by atoms with E-state index in [-0.39, 0.29) is 50.9 Å². The van der Waals surface area contributed by atoms with Gasteiger partial charge in [-0.3, -0.25) is 9.32 Å². The molecule has 0 aromatic heterocycles. The first-order chi connectivity index (χ1) is 25.7. The highest BCUT2D eigenvalue weighted by molar-refractivity contribution is 7.42. The molecule has 3 aromatic rings. The van der Waals surface area contributed by atoms with Crippen LogP contribution in [0.4, 0.5) is 0 Å². The fourth-order valence-electron chi connectivity index (χ4n) is 7.32. The zero-order chi connectivity index (χ0) is 43.4. The fourth-order valence-corrected chi connectivity index (χ4v) is 8.40. The molecule has 0 atom stereocenters.